The molecule has 0 bridgehead atoms. The van der Waals surface area contributed by atoms with E-state index in [1.54, 1.807) is 6.07 Å². The zero-order valence-electron chi connectivity index (χ0n) is 10.1. The van der Waals surface area contributed by atoms with Crippen molar-refractivity contribution in [2.75, 3.05) is 6.54 Å². The van der Waals surface area contributed by atoms with Crippen molar-refractivity contribution in [3.63, 3.8) is 0 Å². The molecule has 6 nitrogen and oxygen atoms in total. The van der Waals surface area contributed by atoms with Gasteiger partial charge in [0.2, 0.25) is 5.91 Å². The molecule has 0 spiro atoms. The lowest BCUT2D eigenvalue weighted by molar-refractivity contribution is -0.127. The van der Waals surface area contributed by atoms with Crippen LogP contribution in [0.25, 0.3) is 6.08 Å². The van der Waals surface area contributed by atoms with Crippen LogP contribution in [0.15, 0.2) is 23.1 Å². The Hall–Kier alpha value is -2.15. The Morgan fingerprint density at radius 2 is 2.21 bits per heavy atom. The molecule has 98 valence electrons. The molecule has 0 atom stereocenters. The van der Waals surface area contributed by atoms with Crippen molar-refractivity contribution >= 4 is 34.9 Å². The first-order valence-electron chi connectivity index (χ1n) is 5.44. The maximum Gasteiger partial charge on any atom is 0.294 e. The number of carbonyl (C=O) groups is 3. The van der Waals surface area contributed by atoms with Gasteiger partial charge in [0.05, 0.1) is 10.6 Å². The van der Waals surface area contributed by atoms with Gasteiger partial charge < -0.3 is 5.73 Å². The van der Waals surface area contributed by atoms with E-state index in [1.165, 1.54) is 6.08 Å². The van der Waals surface area contributed by atoms with Crippen LogP contribution in [0, 0.1) is 6.92 Å². The van der Waals surface area contributed by atoms with Crippen LogP contribution in [-0.2, 0) is 9.59 Å². The average molecular weight is 277 g/mol. The summed E-state index contributed by atoms with van der Waals surface area (Å²) in [5.74, 6) is -1.24. The number of rotatable bonds is 3. The zero-order valence-corrected chi connectivity index (χ0v) is 10.9. The van der Waals surface area contributed by atoms with Gasteiger partial charge in [-0.25, -0.2) is 0 Å². The van der Waals surface area contributed by atoms with Crippen LogP contribution in [0.4, 0.5) is 4.79 Å². The largest absolute Gasteiger partial charge is 0.368 e. The lowest BCUT2D eigenvalue weighted by Crippen LogP contribution is -2.36. The molecular formula is C12H11N3O3S. The molecule has 3 amide bonds. The standard InChI is InChI=1S/C12H11N3O3S/c1-7-3-2-4-8(14-7)5-9-11(17)15(6-10(13)16)12(18)19-9/h2-5H,6H2,1H3,(H2,13,16)/b9-5-. The Balaban J connectivity index is 2.25. The number of nitrogens with two attached hydrogens (primary N) is 1. The zero-order chi connectivity index (χ0) is 14.0. The topological polar surface area (TPSA) is 93.4 Å². The molecule has 0 aliphatic carbocycles. The number of aromatic nitrogens is 1. The third-order valence-electron chi connectivity index (χ3n) is 2.38. The molecule has 2 rings (SSSR count). The molecule has 7 heteroatoms. The third kappa shape index (κ3) is 3.00. The average Bonchev–Trinajstić information content (AvgIpc) is 2.57. The number of hydrogen-bond acceptors (Lipinski definition) is 5. The fourth-order valence-corrected chi connectivity index (χ4v) is 2.39. The number of aryl methyl sites for hydroxylation is 1. The van der Waals surface area contributed by atoms with E-state index in [0.717, 1.165) is 22.4 Å². The quantitative estimate of drug-likeness (QED) is 0.829. The summed E-state index contributed by atoms with van der Waals surface area (Å²) in [4.78, 5) is 39.6. The highest BCUT2D eigenvalue weighted by Crippen LogP contribution is 2.31. The van der Waals surface area contributed by atoms with Crippen LogP contribution in [0.5, 0.6) is 0 Å². The van der Waals surface area contributed by atoms with Gasteiger partial charge in [0.15, 0.2) is 0 Å². The van der Waals surface area contributed by atoms with E-state index in [2.05, 4.69) is 4.98 Å². The van der Waals surface area contributed by atoms with Crippen LogP contribution in [0.1, 0.15) is 11.4 Å². The second kappa shape index (κ2) is 5.23. The molecule has 0 radical (unpaired) electrons. The van der Waals surface area contributed by atoms with E-state index in [1.807, 2.05) is 19.1 Å². The number of hydrogen-bond donors (Lipinski definition) is 1. The molecule has 2 heterocycles. The summed E-state index contributed by atoms with van der Waals surface area (Å²) >= 11 is 0.775. The Kier molecular flexibility index (Phi) is 3.66. The number of thioether (sulfide) groups is 1. The highest BCUT2D eigenvalue weighted by molar-refractivity contribution is 8.18. The first kappa shape index (κ1) is 13.3. The van der Waals surface area contributed by atoms with E-state index in [4.69, 9.17) is 5.73 Å². The Labute approximate surface area is 113 Å². The minimum Gasteiger partial charge on any atom is -0.368 e. The van der Waals surface area contributed by atoms with E-state index < -0.39 is 23.6 Å². The summed E-state index contributed by atoms with van der Waals surface area (Å²) in [5, 5.41) is -0.497. The fraction of sp³-hybridized carbons (Fsp3) is 0.167. The molecular weight excluding hydrogens is 266 g/mol. The second-order valence-electron chi connectivity index (χ2n) is 3.94. The van der Waals surface area contributed by atoms with Crippen molar-refractivity contribution in [1.29, 1.82) is 0 Å². The van der Waals surface area contributed by atoms with Gasteiger partial charge in [-0.2, -0.15) is 0 Å². The van der Waals surface area contributed by atoms with Gasteiger partial charge in [0.25, 0.3) is 11.1 Å². The van der Waals surface area contributed by atoms with E-state index in [0.29, 0.717) is 5.69 Å². The molecule has 19 heavy (non-hydrogen) atoms. The number of carbonyl (C=O) groups excluding carboxylic acids is 3. The predicted molar refractivity (Wildman–Crippen MR) is 70.8 cm³/mol. The molecule has 0 unspecified atom stereocenters. The van der Waals surface area contributed by atoms with Crippen molar-refractivity contribution in [2.24, 2.45) is 5.73 Å². The third-order valence-corrected chi connectivity index (χ3v) is 3.28. The van der Waals surface area contributed by atoms with Gasteiger partial charge in [-0.15, -0.1) is 0 Å². The predicted octanol–water partition coefficient (Wildman–Crippen LogP) is 0.912. The number of amides is 3. The summed E-state index contributed by atoms with van der Waals surface area (Å²) in [7, 11) is 0. The number of pyridine rings is 1. The normalized spacial score (nSPS) is 17.3. The van der Waals surface area contributed by atoms with Crippen molar-refractivity contribution in [2.45, 2.75) is 6.92 Å². The van der Waals surface area contributed by atoms with Crippen LogP contribution in [-0.4, -0.2) is 33.5 Å². The first-order chi connectivity index (χ1) is 8.97. The van der Waals surface area contributed by atoms with Crippen LogP contribution in [0.2, 0.25) is 0 Å². The lowest BCUT2D eigenvalue weighted by atomic mass is 10.3. The van der Waals surface area contributed by atoms with Crippen LogP contribution in [0.3, 0.4) is 0 Å². The second-order valence-corrected chi connectivity index (χ2v) is 4.93. The summed E-state index contributed by atoms with van der Waals surface area (Å²) in [5.41, 5.74) is 6.39. The van der Waals surface area contributed by atoms with Crippen molar-refractivity contribution in [1.82, 2.24) is 9.88 Å². The molecule has 1 fully saturated rings. The van der Waals surface area contributed by atoms with Crippen LogP contribution >= 0.6 is 11.8 Å². The summed E-state index contributed by atoms with van der Waals surface area (Å²) in [6.07, 6.45) is 1.53. The lowest BCUT2D eigenvalue weighted by Gasteiger charge is -2.08. The maximum atomic E-state index is 11.9. The van der Waals surface area contributed by atoms with Gasteiger partial charge in [-0.1, -0.05) is 6.07 Å². The van der Waals surface area contributed by atoms with E-state index in [9.17, 15) is 14.4 Å². The summed E-state index contributed by atoms with van der Waals surface area (Å²) < 4.78 is 0. The maximum absolute atomic E-state index is 11.9. The molecule has 0 saturated carbocycles. The molecule has 1 saturated heterocycles. The van der Waals surface area contributed by atoms with Gasteiger partial charge in [0, 0.05) is 5.69 Å². The molecule has 0 aromatic carbocycles. The Bertz CT molecular complexity index is 598. The van der Waals surface area contributed by atoms with Crippen molar-refractivity contribution < 1.29 is 14.4 Å². The monoisotopic (exact) mass is 277 g/mol. The fourth-order valence-electron chi connectivity index (χ4n) is 1.57. The van der Waals surface area contributed by atoms with Crippen molar-refractivity contribution in [3.05, 3.63) is 34.5 Å². The Morgan fingerprint density at radius 1 is 1.47 bits per heavy atom. The minimum absolute atomic E-state index is 0.240. The van der Waals surface area contributed by atoms with E-state index in [-0.39, 0.29) is 4.91 Å². The highest BCUT2D eigenvalue weighted by atomic mass is 32.2. The van der Waals surface area contributed by atoms with Gasteiger partial charge in [-0.3, -0.25) is 24.3 Å². The molecule has 1 aliphatic heterocycles. The SMILES string of the molecule is Cc1cccc(/C=C2\SC(=O)N(CC(N)=O)C2=O)n1. The van der Waals surface area contributed by atoms with E-state index >= 15 is 0 Å². The van der Waals surface area contributed by atoms with Gasteiger partial charge in [0.1, 0.15) is 6.54 Å². The number of nitrogens with zero attached hydrogens (tertiary/aromatic N) is 2. The summed E-state index contributed by atoms with van der Waals surface area (Å²) in [6.45, 7) is 1.43. The molecule has 2 N–H and O–H groups in total. The van der Waals surface area contributed by atoms with Gasteiger partial charge >= 0.3 is 0 Å². The Morgan fingerprint density at radius 3 is 2.84 bits per heavy atom. The minimum atomic E-state index is -0.725. The molecule has 1 aromatic heterocycles. The van der Waals surface area contributed by atoms with Crippen molar-refractivity contribution in [3.8, 4) is 0 Å². The number of imide groups is 1. The number of primary amides is 1. The molecule has 1 aliphatic rings. The smallest absolute Gasteiger partial charge is 0.294 e. The summed E-state index contributed by atoms with van der Waals surface area (Å²) in [6, 6.07) is 5.37. The van der Waals surface area contributed by atoms with Gasteiger partial charge in [-0.05, 0) is 36.9 Å². The van der Waals surface area contributed by atoms with Crippen LogP contribution < -0.4 is 5.73 Å². The highest BCUT2D eigenvalue weighted by Gasteiger charge is 2.35. The first-order valence-corrected chi connectivity index (χ1v) is 6.26. The molecule has 1 aromatic rings.